The molecular formula is C15H13BrN2O2S2. The minimum Gasteiger partial charge on any atom is -0.319 e. The molecule has 1 aromatic heterocycles. The van der Waals surface area contributed by atoms with Crippen LogP contribution in [0.3, 0.4) is 0 Å². The monoisotopic (exact) mass is 396 g/mol. The first-order valence-electron chi connectivity index (χ1n) is 6.49. The van der Waals surface area contributed by atoms with Crippen molar-refractivity contribution in [1.29, 1.82) is 0 Å². The van der Waals surface area contributed by atoms with E-state index in [1.54, 1.807) is 28.8 Å². The van der Waals surface area contributed by atoms with E-state index in [1.807, 2.05) is 32.2 Å². The topological polar surface area (TPSA) is 51.4 Å². The third-order valence-electron chi connectivity index (χ3n) is 3.29. The molecule has 1 heterocycles. The molecule has 22 heavy (non-hydrogen) atoms. The van der Waals surface area contributed by atoms with Gasteiger partial charge in [-0.25, -0.2) is 0 Å². The zero-order valence-corrected chi connectivity index (χ0v) is 15.2. The van der Waals surface area contributed by atoms with Crippen LogP contribution in [0.15, 0.2) is 56.2 Å². The van der Waals surface area contributed by atoms with Crippen LogP contribution >= 0.6 is 27.3 Å². The Hall–Kier alpha value is -1.44. The highest BCUT2D eigenvalue weighted by molar-refractivity contribution is 9.10. The van der Waals surface area contributed by atoms with Gasteiger partial charge in [0.2, 0.25) is 4.80 Å². The summed E-state index contributed by atoms with van der Waals surface area (Å²) in [6.45, 7) is 1.91. The van der Waals surface area contributed by atoms with Crippen molar-refractivity contribution in [3.05, 3.63) is 57.3 Å². The van der Waals surface area contributed by atoms with Crippen molar-refractivity contribution in [2.75, 3.05) is 0 Å². The van der Waals surface area contributed by atoms with Crippen LogP contribution in [0, 0.1) is 6.92 Å². The van der Waals surface area contributed by atoms with E-state index < -0.39 is 10.0 Å². The Morgan fingerprint density at radius 3 is 2.50 bits per heavy atom. The molecule has 0 amide bonds. The van der Waals surface area contributed by atoms with Crippen LogP contribution in [0.2, 0.25) is 0 Å². The van der Waals surface area contributed by atoms with Crippen LogP contribution in [-0.4, -0.2) is 13.0 Å². The van der Waals surface area contributed by atoms with Gasteiger partial charge in [0, 0.05) is 11.5 Å². The second-order valence-corrected chi connectivity index (χ2v) is 8.46. The molecule has 3 aromatic rings. The molecule has 0 aliphatic rings. The second kappa shape index (κ2) is 5.64. The van der Waals surface area contributed by atoms with Crippen LogP contribution in [0.1, 0.15) is 5.56 Å². The van der Waals surface area contributed by atoms with Gasteiger partial charge in [-0.2, -0.15) is 8.42 Å². The molecule has 0 aliphatic carbocycles. The smallest absolute Gasteiger partial charge is 0.285 e. The van der Waals surface area contributed by atoms with E-state index >= 15 is 0 Å². The summed E-state index contributed by atoms with van der Waals surface area (Å²) in [5, 5.41) is 0. The first-order chi connectivity index (χ1) is 10.4. The number of benzene rings is 2. The number of hydrogen-bond donors (Lipinski definition) is 0. The van der Waals surface area contributed by atoms with Gasteiger partial charge in [0.15, 0.2) is 0 Å². The lowest BCUT2D eigenvalue weighted by atomic mass is 10.2. The van der Waals surface area contributed by atoms with Gasteiger partial charge in [0.25, 0.3) is 10.0 Å². The van der Waals surface area contributed by atoms with Crippen molar-refractivity contribution in [3.63, 3.8) is 0 Å². The number of nitrogens with zero attached hydrogens (tertiary/aromatic N) is 2. The number of aromatic nitrogens is 1. The molecule has 114 valence electrons. The summed E-state index contributed by atoms with van der Waals surface area (Å²) in [6.07, 6.45) is 0. The molecule has 0 saturated heterocycles. The summed E-state index contributed by atoms with van der Waals surface area (Å²) < 4.78 is 32.6. The van der Waals surface area contributed by atoms with Gasteiger partial charge in [0.05, 0.1) is 15.1 Å². The Bertz CT molecular complexity index is 1020. The lowest BCUT2D eigenvalue weighted by Gasteiger charge is -1.99. The van der Waals surface area contributed by atoms with E-state index in [0.29, 0.717) is 4.80 Å². The zero-order chi connectivity index (χ0) is 15.9. The summed E-state index contributed by atoms with van der Waals surface area (Å²) in [7, 11) is -1.89. The molecule has 0 saturated carbocycles. The van der Waals surface area contributed by atoms with Crippen LogP contribution < -0.4 is 4.80 Å². The number of thiazole rings is 1. The van der Waals surface area contributed by atoms with Crippen LogP contribution in [0.5, 0.6) is 0 Å². The van der Waals surface area contributed by atoms with Crippen molar-refractivity contribution in [1.82, 2.24) is 4.57 Å². The molecule has 0 N–H and O–H groups in total. The van der Waals surface area contributed by atoms with Gasteiger partial charge in [0.1, 0.15) is 0 Å². The first-order valence-corrected chi connectivity index (χ1v) is 9.54. The van der Waals surface area contributed by atoms with Crippen molar-refractivity contribution >= 4 is 47.5 Å². The van der Waals surface area contributed by atoms with E-state index in [0.717, 1.165) is 20.3 Å². The standard InChI is InChI=1S/C15H13BrN2O2S2/c1-10-3-6-12(7-4-10)22(19,20)17-15-18(2)13-8-5-11(16)9-14(13)21-15/h3-9H,1-2H3. The highest BCUT2D eigenvalue weighted by Gasteiger charge is 2.13. The van der Waals surface area contributed by atoms with E-state index in [1.165, 1.54) is 11.3 Å². The summed E-state index contributed by atoms with van der Waals surface area (Å²) in [6, 6.07) is 12.5. The predicted octanol–water partition coefficient (Wildman–Crippen LogP) is 3.60. The molecular weight excluding hydrogens is 384 g/mol. The number of rotatable bonds is 2. The van der Waals surface area contributed by atoms with Gasteiger partial charge >= 0.3 is 0 Å². The average molecular weight is 397 g/mol. The first kappa shape index (κ1) is 15.5. The molecule has 0 fully saturated rings. The molecule has 0 spiro atoms. The molecule has 2 aromatic carbocycles. The summed E-state index contributed by atoms with van der Waals surface area (Å²) >= 11 is 4.77. The number of aryl methyl sites for hydroxylation is 2. The molecule has 0 aliphatic heterocycles. The Balaban J connectivity index is 2.19. The van der Waals surface area contributed by atoms with E-state index in [2.05, 4.69) is 20.3 Å². The fourth-order valence-electron chi connectivity index (χ4n) is 2.06. The lowest BCUT2D eigenvalue weighted by molar-refractivity contribution is 0.596. The predicted molar refractivity (Wildman–Crippen MR) is 92.4 cm³/mol. The zero-order valence-electron chi connectivity index (χ0n) is 11.9. The highest BCUT2D eigenvalue weighted by atomic mass is 79.9. The number of hydrogen-bond acceptors (Lipinski definition) is 3. The van der Waals surface area contributed by atoms with Crippen molar-refractivity contribution in [3.8, 4) is 0 Å². The van der Waals surface area contributed by atoms with Crippen molar-refractivity contribution in [2.45, 2.75) is 11.8 Å². The van der Waals surface area contributed by atoms with Crippen LogP contribution in [-0.2, 0) is 17.1 Å². The Labute approximate surface area is 140 Å². The largest absolute Gasteiger partial charge is 0.319 e. The molecule has 0 atom stereocenters. The third kappa shape index (κ3) is 2.88. The second-order valence-electron chi connectivity index (χ2n) is 4.94. The highest BCUT2D eigenvalue weighted by Crippen LogP contribution is 2.22. The molecule has 4 nitrogen and oxygen atoms in total. The molecule has 7 heteroatoms. The Morgan fingerprint density at radius 1 is 1.14 bits per heavy atom. The quantitative estimate of drug-likeness (QED) is 0.664. The van der Waals surface area contributed by atoms with Crippen LogP contribution in [0.4, 0.5) is 0 Å². The van der Waals surface area contributed by atoms with Gasteiger partial charge in [-0.3, -0.25) is 0 Å². The Morgan fingerprint density at radius 2 is 1.82 bits per heavy atom. The maximum absolute atomic E-state index is 12.4. The number of sulfonamides is 1. The van der Waals surface area contributed by atoms with E-state index in [-0.39, 0.29) is 4.90 Å². The number of halogens is 1. The molecule has 3 rings (SSSR count). The molecule has 0 unspecified atom stereocenters. The average Bonchev–Trinajstić information content (AvgIpc) is 2.74. The fourth-order valence-corrected chi connectivity index (χ4v) is 4.86. The van der Waals surface area contributed by atoms with E-state index in [4.69, 9.17) is 0 Å². The maximum atomic E-state index is 12.4. The minimum atomic E-state index is -3.71. The minimum absolute atomic E-state index is 0.205. The SMILES string of the molecule is Cc1ccc(S(=O)(=O)N=c2sc3cc(Br)ccc3n2C)cc1. The summed E-state index contributed by atoms with van der Waals surface area (Å²) in [4.78, 5) is 0.658. The van der Waals surface area contributed by atoms with Crippen molar-refractivity contribution in [2.24, 2.45) is 11.4 Å². The van der Waals surface area contributed by atoms with Gasteiger partial charge < -0.3 is 4.57 Å². The normalized spacial score (nSPS) is 13.0. The van der Waals surface area contributed by atoms with Crippen LogP contribution in [0.25, 0.3) is 10.2 Å². The van der Waals surface area contributed by atoms with E-state index in [9.17, 15) is 8.42 Å². The van der Waals surface area contributed by atoms with Crippen molar-refractivity contribution < 1.29 is 8.42 Å². The van der Waals surface area contributed by atoms with Gasteiger partial charge in [-0.1, -0.05) is 45.0 Å². The summed E-state index contributed by atoms with van der Waals surface area (Å²) in [5.74, 6) is 0. The fraction of sp³-hybridized carbons (Fsp3) is 0.133. The molecule has 0 radical (unpaired) electrons. The maximum Gasteiger partial charge on any atom is 0.285 e. The number of fused-ring (bicyclic) bond motifs is 1. The van der Waals surface area contributed by atoms with Gasteiger partial charge in [-0.05, 0) is 37.3 Å². The van der Waals surface area contributed by atoms with Gasteiger partial charge in [-0.15, -0.1) is 4.40 Å². The third-order valence-corrected chi connectivity index (χ3v) is 6.27. The molecule has 0 bridgehead atoms. The Kier molecular flexibility index (Phi) is 3.96. The lowest BCUT2D eigenvalue weighted by Crippen LogP contribution is -2.13. The summed E-state index contributed by atoms with van der Waals surface area (Å²) in [5.41, 5.74) is 1.96.